The van der Waals surface area contributed by atoms with Crippen molar-refractivity contribution in [3.05, 3.63) is 48.4 Å². The molecule has 0 saturated carbocycles. The molecule has 159 valence electrons. The number of nitrogens with one attached hydrogen (secondary N) is 1. The third kappa shape index (κ3) is 3.03. The van der Waals surface area contributed by atoms with Crippen molar-refractivity contribution in [1.29, 1.82) is 0 Å². The SMILES string of the molecule is Cn1c(-c2cccnn2)nc2c(N3CCC(c4ccc5c(c4)[N]C(=O)N5)CC3)ncnc21. The van der Waals surface area contributed by atoms with E-state index >= 15 is 0 Å². The lowest BCUT2D eigenvalue weighted by Gasteiger charge is -2.33. The fourth-order valence-corrected chi connectivity index (χ4v) is 4.55. The summed E-state index contributed by atoms with van der Waals surface area (Å²) in [6.45, 7) is 1.72. The predicted molar refractivity (Wildman–Crippen MR) is 119 cm³/mol. The van der Waals surface area contributed by atoms with Crippen LogP contribution in [0.2, 0.25) is 0 Å². The number of fused-ring (bicyclic) bond motifs is 2. The summed E-state index contributed by atoms with van der Waals surface area (Å²) in [4.78, 5) is 27.6. The van der Waals surface area contributed by atoms with E-state index in [9.17, 15) is 4.79 Å². The number of rotatable bonds is 3. The smallest absolute Gasteiger partial charge is 0.346 e. The molecule has 2 amide bonds. The second-order valence-electron chi connectivity index (χ2n) is 8.05. The van der Waals surface area contributed by atoms with Crippen molar-refractivity contribution >= 4 is 34.4 Å². The largest absolute Gasteiger partial charge is 0.355 e. The first kappa shape index (κ1) is 18.7. The van der Waals surface area contributed by atoms with E-state index in [0.717, 1.165) is 60.1 Å². The fourth-order valence-electron chi connectivity index (χ4n) is 4.55. The summed E-state index contributed by atoms with van der Waals surface area (Å²) in [5, 5.41) is 14.9. The molecule has 10 heteroatoms. The lowest BCUT2D eigenvalue weighted by molar-refractivity contribution is 0.256. The van der Waals surface area contributed by atoms with E-state index in [4.69, 9.17) is 4.98 Å². The normalized spacial score (nSPS) is 16.2. The van der Waals surface area contributed by atoms with Crippen LogP contribution in [-0.4, -0.2) is 48.8 Å². The van der Waals surface area contributed by atoms with Crippen LogP contribution in [0, 0.1) is 0 Å². The maximum atomic E-state index is 11.5. The molecule has 1 fully saturated rings. The standard InChI is InChI=1S/C22H20N9O/c1-30-19(16-3-2-8-25-29-16)28-18-20(30)23-12-24-21(18)31-9-6-13(7-10-31)14-4-5-15-17(11-14)27-22(32)26-15/h2-5,8,11-13H,6-7,9-10H2,1H3,(H,26,32). The van der Waals surface area contributed by atoms with E-state index in [0.29, 0.717) is 11.6 Å². The number of aromatic nitrogens is 6. The number of amides is 2. The fraction of sp³-hybridized carbons (Fsp3) is 0.273. The molecule has 32 heavy (non-hydrogen) atoms. The average molecular weight is 426 g/mol. The second kappa shape index (κ2) is 7.26. The molecule has 1 saturated heterocycles. The molecule has 4 aromatic rings. The summed E-state index contributed by atoms with van der Waals surface area (Å²) in [7, 11) is 1.93. The van der Waals surface area contributed by atoms with E-state index in [-0.39, 0.29) is 6.03 Å². The van der Waals surface area contributed by atoms with Crippen LogP contribution in [0.4, 0.5) is 22.0 Å². The van der Waals surface area contributed by atoms with Gasteiger partial charge in [0.2, 0.25) is 0 Å². The van der Waals surface area contributed by atoms with E-state index in [1.165, 1.54) is 5.56 Å². The van der Waals surface area contributed by atoms with Gasteiger partial charge >= 0.3 is 6.03 Å². The molecule has 10 nitrogen and oxygen atoms in total. The number of piperidine rings is 1. The molecule has 0 bridgehead atoms. The molecule has 6 rings (SSSR count). The third-order valence-corrected chi connectivity index (χ3v) is 6.19. The molecular formula is C22H20N9O. The van der Waals surface area contributed by atoms with Crippen molar-refractivity contribution in [3.63, 3.8) is 0 Å². The summed E-state index contributed by atoms with van der Waals surface area (Å²) in [5.41, 5.74) is 4.99. The molecule has 0 aliphatic carbocycles. The first-order chi connectivity index (χ1) is 15.7. The number of aryl methyl sites for hydroxylation is 1. The third-order valence-electron chi connectivity index (χ3n) is 6.19. The van der Waals surface area contributed by atoms with Gasteiger partial charge in [0.15, 0.2) is 22.8 Å². The number of nitrogens with zero attached hydrogens (tertiary/aromatic N) is 8. The Labute approximate surface area is 183 Å². The first-order valence-corrected chi connectivity index (χ1v) is 10.5. The van der Waals surface area contributed by atoms with Gasteiger partial charge in [-0.2, -0.15) is 10.4 Å². The number of imidazole rings is 1. The Hall–Kier alpha value is -4.08. The molecule has 0 spiro atoms. The lowest BCUT2D eigenvalue weighted by Crippen LogP contribution is -2.33. The maximum Gasteiger partial charge on any atom is 0.346 e. The van der Waals surface area contributed by atoms with Crippen molar-refractivity contribution in [2.45, 2.75) is 18.8 Å². The Morgan fingerprint density at radius 2 is 2.00 bits per heavy atom. The molecule has 1 N–H and O–H groups in total. The molecule has 0 unspecified atom stereocenters. The van der Waals surface area contributed by atoms with Gasteiger partial charge in [0.05, 0.1) is 11.4 Å². The predicted octanol–water partition coefficient (Wildman–Crippen LogP) is 2.99. The van der Waals surface area contributed by atoms with Gasteiger partial charge in [-0.15, -0.1) is 5.10 Å². The monoisotopic (exact) mass is 426 g/mol. The molecule has 2 aliphatic rings. The average Bonchev–Trinajstić information content (AvgIpc) is 3.38. The van der Waals surface area contributed by atoms with Crippen molar-refractivity contribution in [1.82, 2.24) is 35.0 Å². The van der Waals surface area contributed by atoms with Crippen LogP contribution >= 0.6 is 0 Å². The van der Waals surface area contributed by atoms with Gasteiger partial charge in [-0.05, 0) is 48.6 Å². The molecule has 3 aromatic heterocycles. The Balaban J connectivity index is 1.26. The van der Waals surface area contributed by atoms with Crippen molar-refractivity contribution in [2.24, 2.45) is 7.05 Å². The van der Waals surface area contributed by atoms with Crippen LogP contribution in [0.5, 0.6) is 0 Å². The summed E-state index contributed by atoms with van der Waals surface area (Å²) in [6.07, 6.45) is 5.20. The van der Waals surface area contributed by atoms with Crippen LogP contribution in [0.1, 0.15) is 24.3 Å². The minimum Gasteiger partial charge on any atom is -0.355 e. The number of hydrogen-bond donors (Lipinski definition) is 1. The van der Waals surface area contributed by atoms with Crippen molar-refractivity contribution in [2.75, 3.05) is 23.3 Å². The summed E-state index contributed by atoms with van der Waals surface area (Å²) in [5.74, 6) is 1.98. The zero-order valence-corrected chi connectivity index (χ0v) is 17.4. The first-order valence-electron chi connectivity index (χ1n) is 10.5. The van der Waals surface area contributed by atoms with E-state index in [1.807, 2.05) is 35.9 Å². The highest BCUT2D eigenvalue weighted by Gasteiger charge is 2.27. The number of hydrogen-bond acceptors (Lipinski definition) is 7. The number of carbonyl (C=O) groups is 1. The van der Waals surface area contributed by atoms with Crippen molar-refractivity contribution < 1.29 is 4.79 Å². The van der Waals surface area contributed by atoms with Gasteiger partial charge in [0.1, 0.15) is 12.0 Å². The number of carbonyl (C=O) groups excluding carboxylic acids is 1. The molecule has 5 heterocycles. The minimum atomic E-state index is -0.295. The Kier molecular flexibility index (Phi) is 4.23. The Morgan fingerprint density at radius 3 is 2.81 bits per heavy atom. The summed E-state index contributed by atoms with van der Waals surface area (Å²) >= 11 is 0. The van der Waals surface area contributed by atoms with E-state index < -0.39 is 0 Å². The van der Waals surface area contributed by atoms with Gasteiger partial charge < -0.3 is 14.8 Å². The molecular weight excluding hydrogens is 406 g/mol. The number of urea groups is 1. The number of benzene rings is 1. The van der Waals surface area contributed by atoms with Gasteiger partial charge in [0, 0.05) is 26.3 Å². The highest BCUT2D eigenvalue weighted by atomic mass is 16.2. The number of anilines is 2. The van der Waals surface area contributed by atoms with Crippen LogP contribution < -0.4 is 15.5 Å². The van der Waals surface area contributed by atoms with Gasteiger partial charge in [-0.25, -0.2) is 19.7 Å². The van der Waals surface area contributed by atoms with Gasteiger partial charge in [-0.3, -0.25) is 0 Å². The maximum absolute atomic E-state index is 11.5. The van der Waals surface area contributed by atoms with E-state index in [2.05, 4.69) is 41.8 Å². The van der Waals surface area contributed by atoms with Crippen LogP contribution in [0.15, 0.2) is 42.9 Å². The second-order valence-corrected chi connectivity index (χ2v) is 8.05. The Bertz CT molecular complexity index is 1330. The quantitative estimate of drug-likeness (QED) is 0.535. The van der Waals surface area contributed by atoms with Gasteiger partial charge in [-0.1, -0.05) is 6.07 Å². The zero-order chi connectivity index (χ0) is 21.7. The summed E-state index contributed by atoms with van der Waals surface area (Å²) in [6, 6.07) is 9.51. The lowest BCUT2D eigenvalue weighted by atomic mass is 9.89. The minimum absolute atomic E-state index is 0.295. The topological polar surface area (TPSA) is 116 Å². The molecule has 2 aliphatic heterocycles. The van der Waals surface area contributed by atoms with Gasteiger partial charge in [0.25, 0.3) is 0 Å². The molecule has 0 atom stereocenters. The summed E-state index contributed by atoms with van der Waals surface area (Å²) < 4.78 is 1.93. The highest BCUT2D eigenvalue weighted by Crippen LogP contribution is 2.36. The van der Waals surface area contributed by atoms with Crippen molar-refractivity contribution in [3.8, 4) is 11.5 Å². The molecule has 1 aromatic carbocycles. The van der Waals surface area contributed by atoms with Crippen LogP contribution in [0.25, 0.3) is 22.7 Å². The van der Waals surface area contributed by atoms with Crippen LogP contribution in [0.3, 0.4) is 0 Å². The zero-order valence-electron chi connectivity index (χ0n) is 17.4. The van der Waals surface area contributed by atoms with Crippen LogP contribution in [-0.2, 0) is 7.05 Å². The molecule has 1 radical (unpaired) electrons. The highest BCUT2D eigenvalue weighted by molar-refractivity contribution is 6.02. The Morgan fingerprint density at radius 1 is 1.12 bits per heavy atom. The van der Waals surface area contributed by atoms with E-state index in [1.54, 1.807) is 12.5 Å².